The Morgan fingerprint density at radius 2 is 1.90 bits per heavy atom. The van der Waals surface area contributed by atoms with Gasteiger partial charge in [0.1, 0.15) is 0 Å². The van der Waals surface area contributed by atoms with Crippen molar-refractivity contribution in [2.75, 3.05) is 26.2 Å². The van der Waals surface area contributed by atoms with E-state index >= 15 is 0 Å². The van der Waals surface area contributed by atoms with Crippen molar-refractivity contribution >= 4 is 11.7 Å². The molecule has 1 aromatic heterocycles. The average Bonchev–Trinajstić information content (AvgIpc) is 3.07. The van der Waals surface area contributed by atoms with Crippen LogP contribution in [0.5, 0.6) is 0 Å². The SMILES string of the molecule is Cc1cc([N+](=O)[O-])nn1CCC(=O)N1CCN(Cc2cccc(C(F)(F)F)c2)CC1. The Morgan fingerprint density at radius 1 is 1.20 bits per heavy atom. The topological polar surface area (TPSA) is 84.5 Å². The van der Waals surface area contributed by atoms with E-state index in [1.165, 1.54) is 16.8 Å². The maximum atomic E-state index is 12.9. The fourth-order valence-electron chi connectivity index (χ4n) is 3.43. The van der Waals surface area contributed by atoms with Gasteiger partial charge < -0.3 is 15.0 Å². The second-order valence-corrected chi connectivity index (χ2v) is 7.23. The number of piperazine rings is 1. The first kappa shape index (κ1) is 21.8. The summed E-state index contributed by atoms with van der Waals surface area (Å²) in [4.78, 5) is 26.4. The van der Waals surface area contributed by atoms with Crippen LogP contribution in [0, 0.1) is 17.0 Å². The van der Waals surface area contributed by atoms with E-state index in [1.807, 2.05) is 4.90 Å². The lowest BCUT2D eigenvalue weighted by atomic mass is 10.1. The summed E-state index contributed by atoms with van der Waals surface area (Å²) in [6, 6.07) is 6.63. The predicted molar refractivity (Wildman–Crippen MR) is 102 cm³/mol. The normalized spacial score (nSPS) is 15.4. The van der Waals surface area contributed by atoms with Gasteiger partial charge in [0.2, 0.25) is 5.91 Å². The van der Waals surface area contributed by atoms with Gasteiger partial charge in [0.15, 0.2) is 0 Å². The quantitative estimate of drug-likeness (QED) is 0.525. The third kappa shape index (κ3) is 5.35. The van der Waals surface area contributed by atoms with E-state index in [0.29, 0.717) is 44.0 Å². The van der Waals surface area contributed by atoms with Crippen molar-refractivity contribution in [3.8, 4) is 0 Å². The summed E-state index contributed by atoms with van der Waals surface area (Å²) in [6.07, 6.45) is -4.19. The van der Waals surface area contributed by atoms with Gasteiger partial charge in [-0.1, -0.05) is 18.2 Å². The van der Waals surface area contributed by atoms with Crippen LogP contribution in [0.2, 0.25) is 0 Å². The summed E-state index contributed by atoms with van der Waals surface area (Å²) in [5.74, 6) is -0.325. The van der Waals surface area contributed by atoms with Gasteiger partial charge in [-0.2, -0.15) is 17.9 Å². The van der Waals surface area contributed by atoms with Gasteiger partial charge in [-0.05, 0) is 23.5 Å². The van der Waals surface area contributed by atoms with Crippen molar-refractivity contribution in [1.29, 1.82) is 0 Å². The van der Waals surface area contributed by atoms with E-state index in [1.54, 1.807) is 17.9 Å². The lowest BCUT2D eigenvalue weighted by molar-refractivity contribution is -0.389. The monoisotopic (exact) mass is 425 g/mol. The molecule has 0 unspecified atom stereocenters. The molecular weight excluding hydrogens is 403 g/mol. The van der Waals surface area contributed by atoms with Crippen molar-refractivity contribution in [1.82, 2.24) is 19.6 Å². The number of benzene rings is 1. The third-order valence-corrected chi connectivity index (χ3v) is 5.08. The second-order valence-electron chi connectivity index (χ2n) is 7.23. The number of aryl methyl sites for hydroxylation is 2. The van der Waals surface area contributed by atoms with Crippen molar-refractivity contribution in [2.45, 2.75) is 32.6 Å². The highest BCUT2D eigenvalue weighted by atomic mass is 19.4. The largest absolute Gasteiger partial charge is 0.416 e. The van der Waals surface area contributed by atoms with Crippen LogP contribution in [-0.2, 0) is 24.1 Å². The van der Waals surface area contributed by atoms with E-state index in [2.05, 4.69) is 5.10 Å². The van der Waals surface area contributed by atoms with Crippen LogP contribution in [0.15, 0.2) is 30.3 Å². The molecule has 8 nitrogen and oxygen atoms in total. The van der Waals surface area contributed by atoms with E-state index < -0.39 is 16.7 Å². The molecule has 1 aromatic carbocycles. The maximum Gasteiger partial charge on any atom is 0.416 e. The molecule has 1 aliphatic rings. The summed E-state index contributed by atoms with van der Waals surface area (Å²) in [6.45, 7) is 4.43. The minimum Gasteiger partial charge on any atom is -0.358 e. The van der Waals surface area contributed by atoms with Gasteiger partial charge in [-0.25, -0.2) is 0 Å². The molecule has 11 heteroatoms. The summed E-state index contributed by atoms with van der Waals surface area (Å²) < 4.78 is 40.0. The number of rotatable bonds is 6. The number of halogens is 3. The van der Waals surface area contributed by atoms with Gasteiger partial charge in [0, 0.05) is 39.1 Å². The van der Waals surface area contributed by atoms with Crippen LogP contribution in [0.4, 0.5) is 19.0 Å². The summed E-state index contributed by atoms with van der Waals surface area (Å²) in [5.41, 5.74) is 0.531. The number of nitro groups is 1. The highest BCUT2D eigenvalue weighted by Gasteiger charge is 2.30. The molecule has 2 aromatic rings. The lowest BCUT2D eigenvalue weighted by Crippen LogP contribution is -2.48. The molecule has 0 saturated carbocycles. The van der Waals surface area contributed by atoms with E-state index in [4.69, 9.17) is 0 Å². The Morgan fingerprint density at radius 3 is 2.50 bits per heavy atom. The Labute approximate surface area is 171 Å². The summed E-state index contributed by atoms with van der Waals surface area (Å²) >= 11 is 0. The van der Waals surface area contributed by atoms with Crippen molar-refractivity contribution < 1.29 is 22.9 Å². The smallest absolute Gasteiger partial charge is 0.358 e. The van der Waals surface area contributed by atoms with Crippen molar-refractivity contribution in [3.63, 3.8) is 0 Å². The summed E-state index contributed by atoms with van der Waals surface area (Å²) in [7, 11) is 0. The molecule has 162 valence electrons. The van der Waals surface area contributed by atoms with Crippen molar-refractivity contribution in [2.24, 2.45) is 0 Å². The lowest BCUT2D eigenvalue weighted by Gasteiger charge is -2.34. The number of alkyl halides is 3. The first-order chi connectivity index (χ1) is 14.1. The molecular formula is C19H22F3N5O3. The zero-order valence-electron chi connectivity index (χ0n) is 16.4. The molecule has 0 atom stereocenters. The van der Waals surface area contributed by atoms with Gasteiger partial charge in [-0.3, -0.25) is 9.69 Å². The standard InChI is InChI=1S/C19H22F3N5O3/c1-14-11-17(27(29)30)23-26(14)6-5-18(28)25-9-7-24(8-10-25)13-15-3-2-4-16(12-15)19(20,21)22/h2-4,11-12H,5-10,13H2,1H3. The van der Waals surface area contributed by atoms with Gasteiger partial charge >= 0.3 is 12.0 Å². The first-order valence-electron chi connectivity index (χ1n) is 9.48. The zero-order valence-corrected chi connectivity index (χ0v) is 16.4. The highest BCUT2D eigenvalue weighted by Crippen LogP contribution is 2.29. The molecule has 1 aliphatic heterocycles. The minimum absolute atomic E-state index is 0.0775. The molecule has 0 bridgehead atoms. The maximum absolute atomic E-state index is 12.9. The number of hydrogen-bond acceptors (Lipinski definition) is 5. The summed E-state index contributed by atoms with van der Waals surface area (Å²) in [5, 5.41) is 14.6. The van der Waals surface area contributed by atoms with E-state index in [9.17, 15) is 28.1 Å². The Kier molecular flexibility index (Phi) is 6.40. The van der Waals surface area contributed by atoms with Crippen LogP contribution in [-0.4, -0.2) is 56.6 Å². The van der Waals surface area contributed by atoms with Crippen LogP contribution < -0.4 is 0 Å². The van der Waals surface area contributed by atoms with Crippen LogP contribution in [0.25, 0.3) is 0 Å². The van der Waals surface area contributed by atoms with Crippen molar-refractivity contribution in [3.05, 3.63) is 57.3 Å². The van der Waals surface area contributed by atoms with Crippen LogP contribution in [0.3, 0.4) is 0 Å². The molecule has 2 heterocycles. The number of carbonyl (C=O) groups is 1. The molecule has 1 saturated heterocycles. The molecule has 0 N–H and O–H groups in total. The van der Waals surface area contributed by atoms with Gasteiger partial charge in [0.05, 0.1) is 29.0 Å². The minimum atomic E-state index is -4.37. The average molecular weight is 425 g/mol. The molecule has 30 heavy (non-hydrogen) atoms. The number of amides is 1. The number of aromatic nitrogens is 2. The molecule has 0 radical (unpaired) electrons. The fraction of sp³-hybridized carbons (Fsp3) is 0.474. The molecule has 0 spiro atoms. The Bertz CT molecular complexity index is 920. The number of nitrogens with zero attached hydrogens (tertiary/aromatic N) is 5. The highest BCUT2D eigenvalue weighted by molar-refractivity contribution is 5.76. The molecule has 1 fully saturated rings. The first-order valence-corrected chi connectivity index (χ1v) is 9.48. The van der Waals surface area contributed by atoms with Crippen LogP contribution in [0.1, 0.15) is 23.2 Å². The zero-order chi connectivity index (χ0) is 21.9. The molecule has 0 aliphatic carbocycles. The van der Waals surface area contributed by atoms with Crippen LogP contribution >= 0.6 is 0 Å². The Balaban J connectivity index is 1.48. The van der Waals surface area contributed by atoms with E-state index in [0.717, 1.165) is 12.1 Å². The van der Waals surface area contributed by atoms with Gasteiger partial charge in [-0.15, -0.1) is 0 Å². The molecule has 1 amide bonds. The predicted octanol–water partition coefficient (Wildman–Crippen LogP) is 2.85. The second kappa shape index (κ2) is 8.82. The molecule has 3 rings (SSSR count). The third-order valence-electron chi connectivity index (χ3n) is 5.08. The number of hydrogen-bond donors (Lipinski definition) is 0. The number of carbonyl (C=O) groups excluding carboxylic acids is 1. The van der Waals surface area contributed by atoms with E-state index in [-0.39, 0.29) is 24.7 Å². The fourth-order valence-corrected chi connectivity index (χ4v) is 3.43. The Hall–Kier alpha value is -2.95. The van der Waals surface area contributed by atoms with Gasteiger partial charge in [0.25, 0.3) is 0 Å².